The summed E-state index contributed by atoms with van der Waals surface area (Å²) in [5.74, 6) is 0.791. The SMILES string of the molecule is CC(=O)c1cc(F)cc(-c2nc(-c3ccccc3)[nH]c2C2=NNCN2C2CC2)c1. The first-order chi connectivity index (χ1) is 14.1. The molecule has 2 aromatic carbocycles. The Morgan fingerprint density at radius 3 is 2.66 bits per heavy atom. The number of nitrogens with zero attached hydrogens (tertiary/aromatic N) is 3. The highest BCUT2D eigenvalue weighted by molar-refractivity contribution is 6.04. The van der Waals surface area contributed by atoms with Gasteiger partial charge in [-0.05, 0) is 38.0 Å². The molecule has 1 fully saturated rings. The van der Waals surface area contributed by atoms with Gasteiger partial charge in [0.2, 0.25) is 0 Å². The largest absolute Gasteiger partial charge is 0.335 e. The highest BCUT2D eigenvalue weighted by atomic mass is 19.1. The first-order valence-electron chi connectivity index (χ1n) is 9.65. The van der Waals surface area contributed by atoms with Crippen LogP contribution in [0.3, 0.4) is 0 Å². The van der Waals surface area contributed by atoms with Crippen LogP contribution < -0.4 is 5.43 Å². The predicted molar refractivity (Wildman–Crippen MR) is 109 cm³/mol. The Kier molecular flexibility index (Phi) is 4.16. The van der Waals surface area contributed by atoms with Gasteiger partial charge in [0.1, 0.15) is 29.7 Å². The standard InChI is InChI=1S/C22H20FN5O/c1-13(29)15-9-16(11-17(23)10-15)19-20(22-27-24-12-28(22)18-7-8-18)26-21(25-19)14-5-3-2-4-6-14/h2-6,9-11,18,24H,7-8,12H2,1H3,(H,25,26). The zero-order valence-electron chi connectivity index (χ0n) is 15.9. The number of carbonyl (C=O) groups is 1. The van der Waals surface area contributed by atoms with Crippen molar-refractivity contribution in [3.63, 3.8) is 0 Å². The number of aromatic nitrogens is 2. The molecule has 1 saturated carbocycles. The molecule has 1 aliphatic carbocycles. The normalized spacial score (nSPS) is 15.9. The number of benzene rings is 2. The van der Waals surface area contributed by atoms with Crippen molar-refractivity contribution < 1.29 is 9.18 Å². The molecule has 1 aromatic heterocycles. The number of hydrogen-bond donors (Lipinski definition) is 2. The van der Waals surface area contributed by atoms with Gasteiger partial charge in [-0.1, -0.05) is 30.3 Å². The van der Waals surface area contributed by atoms with E-state index in [1.165, 1.54) is 19.1 Å². The number of amidine groups is 1. The molecular formula is C22H20FN5O. The zero-order valence-corrected chi connectivity index (χ0v) is 15.9. The number of ketones is 1. The summed E-state index contributed by atoms with van der Waals surface area (Å²) in [6.07, 6.45) is 2.26. The van der Waals surface area contributed by atoms with E-state index < -0.39 is 5.82 Å². The predicted octanol–water partition coefficient (Wildman–Crippen LogP) is 3.77. The molecule has 2 heterocycles. The number of Topliss-reactive ketones (excluding diaryl/α,β-unsaturated/α-hetero) is 1. The second-order valence-electron chi connectivity index (χ2n) is 7.41. The minimum atomic E-state index is -0.464. The molecule has 0 saturated heterocycles. The topological polar surface area (TPSA) is 73.4 Å². The van der Waals surface area contributed by atoms with Crippen LogP contribution in [0.1, 0.15) is 35.8 Å². The Labute approximate surface area is 167 Å². The van der Waals surface area contributed by atoms with Crippen molar-refractivity contribution in [3.8, 4) is 22.6 Å². The number of H-pyrrole nitrogens is 1. The van der Waals surface area contributed by atoms with Crippen LogP contribution in [0, 0.1) is 5.82 Å². The molecule has 1 aliphatic heterocycles. The van der Waals surface area contributed by atoms with Crippen molar-refractivity contribution in [2.75, 3.05) is 6.67 Å². The fourth-order valence-corrected chi connectivity index (χ4v) is 3.62. The number of hydrazone groups is 1. The first kappa shape index (κ1) is 17.6. The van der Waals surface area contributed by atoms with E-state index >= 15 is 0 Å². The van der Waals surface area contributed by atoms with Gasteiger partial charge < -0.3 is 9.88 Å². The summed E-state index contributed by atoms with van der Waals surface area (Å²) in [6.45, 7) is 2.07. The van der Waals surface area contributed by atoms with Crippen LogP contribution in [-0.2, 0) is 0 Å². The van der Waals surface area contributed by atoms with Crippen LogP contribution >= 0.6 is 0 Å². The van der Waals surface area contributed by atoms with Gasteiger partial charge in [0.15, 0.2) is 11.6 Å². The van der Waals surface area contributed by atoms with E-state index in [4.69, 9.17) is 4.98 Å². The molecule has 5 rings (SSSR count). The van der Waals surface area contributed by atoms with Crippen molar-refractivity contribution in [2.45, 2.75) is 25.8 Å². The van der Waals surface area contributed by atoms with E-state index in [0.717, 1.165) is 29.9 Å². The molecule has 0 atom stereocenters. The van der Waals surface area contributed by atoms with Gasteiger partial charge in [-0.15, -0.1) is 0 Å². The number of nitrogens with one attached hydrogen (secondary N) is 2. The van der Waals surface area contributed by atoms with E-state index in [1.54, 1.807) is 6.07 Å². The highest BCUT2D eigenvalue weighted by Crippen LogP contribution is 2.33. The molecule has 3 aromatic rings. The molecule has 2 aliphatic rings. The smallest absolute Gasteiger partial charge is 0.176 e. The van der Waals surface area contributed by atoms with E-state index in [9.17, 15) is 9.18 Å². The second-order valence-corrected chi connectivity index (χ2v) is 7.41. The molecule has 146 valence electrons. The van der Waals surface area contributed by atoms with Crippen molar-refractivity contribution >= 4 is 11.6 Å². The van der Waals surface area contributed by atoms with Crippen LogP contribution in [0.25, 0.3) is 22.6 Å². The summed E-state index contributed by atoms with van der Waals surface area (Å²) in [6, 6.07) is 14.6. The van der Waals surface area contributed by atoms with Crippen molar-refractivity contribution in [3.05, 3.63) is 65.6 Å². The molecule has 0 spiro atoms. The van der Waals surface area contributed by atoms with Crippen molar-refractivity contribution in [2.24, 2.45) is 5.10 Å². The number of hydrogen-bond acceptors (Lipinski definition) is 5. The molecule has 0 bridgehead atoms. The lowest BCUT2D eigenvalue weighted by molar-refractivity contribution is 0.101. The minimum absolute atomic E-state index is 0.189. The van der Waals surface area contributed by atoms with Gasteiger partial charge in [-0.2, -0.15) is 5.10 Å². The summed E-state index contributed by atoms with van der Waals surface area (Å²) in [4.78, 5) is 22.2. The number of carbonyl (C=O) groups excluding carboxylic acids is 1. The number of rotatable bonds is 5. The van der Waals surface area contributed by atoms with Crippen LogP contribution in [0.4, 0.5) is 4.39 Å². The van der Waals surface area contributed by atoms with Crippen LogP contribution in [0.15, 0.2) is 53.6 Å². The summed E-state index contributed by atoms with van der Waals surface area (Å²) < 4.78 is 14.3. The van der Waals surface area contributed by atoms with Gasteiger partial charge >= 0.3 is 0 Å². The maximum Gasteiger partial charge on any atom is 0.176 e. The third-order valence-corrected chi connectivity index (χ3v) is 5.24. The van der Waals surface area contributed by atoms with Gasteiger partial charge in [0.05, 0.1) is 0 Å². The number of halogens is 1. The number of aromatic amines is 1. The quantitative estimate of drug-likeness (QED) is 0.652. The van der Waals surface area contributed by atoms with Crippen molar-refractivity contribution in [1.29, 1.82) is 0 Å². The molecule has 0 unspecified atom stereocenters. The Balaban J connectivity index is 1.68. The highest BCUT2D eigenvalue weighted by Gasteiger charge is 2.36. The third kappa shape index (κ3) is 3.29. The van der Waals surface area contributed by atoms with E-state index in [1.807, 2.05) is 30.3 Å². The molecule has 6 nitrogen and oxygen atoms in total. The third-order valence-electron chi connectivity index (χ3n) is 5.24. The number of imidazole rings is 1. The molecular weight excluding hydrogens is 369 g/mol. The maximum absolute atomic E-state index is 14.3. The Morgan fingerprint density at radius 2 is 1.93 bits per heavy atom. The van der Waals surface area contributed by atoms with Crippen LogP contribution in [-0.4, -0.2) is 39.2 Å². The Bertz CT molecular complexity index is 1120. The van der Waals surface area contributed by atoms with Gasteiger partial charge in [0, 0.05) is 22.7 Å². The molecule has 2 N–H and O–H groups in total. The summed E-state index contributed by atoms with van der Waals surface area (Å²) in [5.41, 5.74) is 6.15. The van der Waals surface area contributed by atoms with E-state index in [2.05, 4.69) is 20.4 Å². The summed E-state index contributed by atoms with van der Waals surface area (Å²) in [5, 5.41) is 4.48. The molecule has 0 radical (unpaired) electrons. The lowest BCUT2D eigenvalue weighted by atomic mass is 10.0. The lowest BCUT2D eigenvalue weighted by Gasteiger charge is -2.18. The Hall–Kier alpha value is -3.48. The van der Waals surface area contributed by atoms with Crippen molar-refractivity contribution in [1.82, 2.24) is 20.3 Å². The lowest BCUT2D eigenvalue weighted by Crippen LogP contribution is -2.32. The van der Waals surface area contributed by atoms with Crippen LogP contribution in [0.2, 0.25) is 0 Å². The fraction of sp³-hybridized carbons (Fsp3) is 0.227. The second kappa shape index (κ2) is 6.84. The summed E-state index contributed by atoms with van der Waals surface area (Å²) >= 11 is 0. The molecule has 7 heteroatoms. The summed E-state index contributed by atoms with van der Waals surface area (Å²) in [7, 11) is 0. The average molecular weight is 389 g/mol. The monoisotopic (exact) mass is 389 g/mol. The van der Waals surface area contributed by atoms with Gasteiger partial charge in [-0.3, -0.25) is 10.2 Å². The van der Waals surface area contributed by atoms with Crippen LogP contribution in [0.5, 0.6) is 0 Å². The average Bonchev–Trinajstić information content (AvgIpc) is 3.28. The van der Waals surface area contributed by atoms with Gasteiger partial charge in [0.25, 0.3) is 0 Å². The van der Waals surface area contributed by atoms with E-state index in [-0.39, 0.29) is 5.78 Å². The Morgan fingerprint density at radius 1 is 1.14 bits per heavy atom. The zero-order chi connectivity index (χ0) is 20.0. The maximum atomic E-state index is 14.3. The molecule has 0 amide bonds. The van der Waals surface area contributed by atoms with E-state index in [0.29, 0.717) is 35.4 Å². The fourth-order valence-electron chi connectivity index (χ4n) is 3.62. The minimum Gasteiger partial charge on any atom is -0.335 e. The first-order valence-corrected chi connectivity index (χ1v) is 9.65. The molecule has 29 heavy (non-hydrogen) atoms. The van der Waals surface area contributed by atoms with Gasteiger partial charge in [-0.25, -0.2) is 9.37 Å².